The molecule has 21 nitrogen and oxygen atoms in total. The second kappa shape index (κ2) is 26.2. The van der Waals surface area contributed by atoms with E-state index in [0.29, 0.717) is 56.3 Å². The van der Waals surface area contributed by atoms with Crippen molar-refractivity contribution in [2.75, 3.05) is 32.7 Å². The summed E-state index contributed by atoms with van der Waals surface area (Å²) in [6.07, 6.45) is 4.11. The molecule has 6 atom stereocenters. The van der Waals surface area contributed by atoms with E-state index >= 15 is 0 Å². The first-order valence-electron chi connectivity index (χ1n) is 28.5. The maximum absolute atomic E-state index is 14.7. The molecule has 6 aliphatic rings. The molecule has 1 saturated carbocycles. The van der Waals surface area contributed by atoms with Gasteiger partial charge in [0, 0.05) is 79.4 Å². The molecule has 9 amide bonds. The Morgan fingerprint density at radius 1 is 0.905 bits per heavy atom. The summed E-state index contributed by atoms with van der Waals surface area (Å²) in [5.41, 5.74) is 1.93. The molecule has 0 bridgehead atoms. The van der Waals surface area contributed by atoms with Crippen LogP contribution in [0.15, 0.2) is 42.5 Å². The molecule has 6 heterocycles. The monoisotopic (exact) mass is 1210 g/mol. The number of benzene rings is 2. The smallest absolute Gasteiger partial charge is 0.370 e. The highest BCUT2D eigenvalue weighted by atomic mass is 32.1. The van der Waals surface area contributed by atoms with Gasteiger partial charge in [0.1, 0.15) is 30.2 Å². The van der Waals surface area contributed by atoms with Gasteiger partial charge in [-0.05, 0) is 117 Å². The average Bonchev–Trinajstić information content (AvgIpc) is 4.37. The first kappa shape index (κ1) is 61.8. The van der Waals surface area contributed by atoms with E-state index in [9.17, 15) is 75.1 Å². The topological polar surface area (TPSA) is 298 Å². The van der Waals surface area contributed by atoms with Crippen molar-refractivity contribution in [2.24, 2.45) is 17.6 Å². The number of nitrogens with one attached hydrogen (secondary N) is 4. The lowest BCUT2D eigenvalue weighted by molar-refractivity contribution is -0.144. The Hall–Kier alpha value is -6.78. The second-order valence-corrected chi connectivity index (χ2v) is 25.4. The van der Waals surface area contributed by atoms with Crippen molar-refractivity contribution < 1.29 is 75.1 Å². The lowest BCUT2D eigenvalue weighted by Crippen LogP contribution is -2.62. The van der Waals surface area contributed by atoms with Gasteiger partial charge in [-0.2, -0.15) is 8.78 Å². The Bertz CT molecular complexity index is 3190. The third kappa shape index (κ3) is 14.0. The van der Waals surface area contributed by atoms with Gasteiger partial charge in [-0.25, -0.2) is 8.78 Å². The molecule has 5 aliphatic heterocycles. The number of likely N-dealkylation sites (tertiary alicyclic amines) is 1. The number of piperidine rings is 2. The minimum Gasteiger partial charge on any atom is -0.370 e. The fourth-order valence-corrected chi connectivity index (χ4v) is 14.0. The number of hydrogen-bond donors (Lipinski definition) is 7. The Morgan fingerprint density at radius 3 is 2.36 bits per heavy atom. The molecular formula is C57H68F4N9O12PS. The molecule has 3 aromatic rings. The maximum atomic E-state index is 14.7. The van der Waals surface area contributed by atoms with E-state index < -0.39 is 110 Å². The Labute approximate surface area is 485 Å². The van der Waals surface area contributed by atoms with Crippen LogP contribution in [0, 0.1) is 23.7 Å². The van der Waals surface area contributed by atoms with E-state index in [1.54, 1.807) is 17.0 Å². The standard InChI is InChI=1S/C57H68F4N9O12PS/c58-46(59)31-67-24-23-37-14-16-43(70(37)55(78)41(30-67)64-53(76)45-28-35-27-36(13-18-44(35)84-45)57(60,61)83(80,81)82)52(75)63-40(15-19-47(62)71)50(73)66-49(34-9-2-1-3-10-34)56(79)68-25-21-32(22-26-68)7-4-5-8-33-11-6-12-38-39(33)29-69(54(38)77)42-17-20-48(72)65-51(42)74/h6,11-13,18,27-28,32,34,37,40-43,46,49H,1-4,7,9-10,14-17,19-26,29-31H2,(H2,62,71)(H,63,75)(H,64,76)(H,66,73)(H,65,72,74)(H2,80,81,82)/t37-,40+,41+,42?,43+,49+/m1/s1. The molecule has 5 fully saturated rings. The predicted octanol–water partition coefficient (Wildman–Crippen LogP) is 4.20. The van der Waals surface area contributed by atoms with Crippen LogP contribution in [0.2, 0.25) is 0 Å². The van der Waals surface area contributed by atoms with E-state index in [1.807, 2.05) is 6.07 Å². The molecule has 452 valence electrons. The number of nitrogens with zero attached hydrogens (tertiary/aromatic N) is 4. The number of thiophene rings is 1. The zero-order chi connectivity index (χ0) is 60.2. The third-order valence-electron chi connectivity index (χ3n) is 17.1. The SMILES string of the molecule is NC(=O)CC[C@H](NC(=O)[C@@H]1CC[C@@H]2CCN(CC(F)F)C[C@H](NC(=O)c3cc4cc(C(F)(F)P(=O)(O)O)ccc4s3)C(=O)N21)C(=O)N[C@H](C(=O)N1CCC(CCC#Cc2cccc3c2CN(C2CCC(=O)NC2=O)C3=O)CC1)C1CCCCC1. The molecule has 0 spiro atoms. The van der Waals surface area contributed by atoms with Gasteiger partial charge in [0.25, 0.3) is 18.2 Å². The minimum absolute atomic E-state index is 0.0364. The van der Waals surface area contributed by atoms with Gasteiger partial charge in [-0.3, -0.25) is 57.9 Å². The van der Waals surface area contributed by atoms with E-state index in [1.165, 1.54) is 20.8 Å². The normalized spacial score (nSPS) is 22.8. The summed E-state index contributed by atoms with van der Waals surface area (Å²) in [5.74, 6) is 1.13. The molecule has 2 aromatic carbocycles. The van der Waals surface area contributed by atoms with Crippen LogP contribution in [0.3, 0.4) is 0 Å². The van der Waals surface area contributed by atoms with Crippen LogP contribution in [-0.2, 0) is 50.3 Å². The Balaban J connectivity index is 0.842. The molecule has 84 heavy (non-hydrogen) atoms. The number of carbonyl (C=O) groups excluding carboxylic acids is 9. The van der Waals surface area contributed by atoms with Gasteiger partial charge < -0.3 is 46.2 Å². The number of rotatable bonds is 18. The van der Waals surface area contributed by atoms with Crippen LogP contribution in [0.25, 0.3) is 10.1 Å². The van der Waals surface area contributed by atoms with Crippen LogP contribution in [0.1, 0.15) is 139 Å². The zero-order valence-electron chi connectivity index (χ0n) is 46.0. The van der Waals surface area contributed by atoms with Gasteiger partial charge in [-0.1, -0.05) is 43.2 Å². The van der Waals surface area contributed by atoms with Crippen molar-refractivity contribution in [1.29, 1.82) is 0 Å². The van der Waals surface area contributed by atoms with Gasteiger partial charge in [0.15, 0.2) is 0 Å². The molecule has 4 saturated heterocycles. The Morgan fingerprint density at radius 2 is 1.65 bits per heavy atom. The van der Waals surface area contributed by atoms with Crippen molar-refractivity contribution in [3.05, 3.63) is 69.6 Å². The number of amides is 9. The van der Waals surface area contributed by atoms with Gasteiger partial charge in [0.2, 0.25) is 41.4 Å². The molecule has 8 N–H and O–H groups in total. The van der Waals surface area contributed by atoms with Crippen molar-refractivity contribution in [3.8, 4) is 11.8 Å². The van der Waals surface area contributed by atoms with E-state index in [4.69, 9.17) is 5.73 Å². The summed E-state index contributed by atoms with van der Waals surface area (Å²) in [4.78, 5) is 146. The van der Waals surface area contributed by atoms with Gasteiger partial charge >= 0.3 is 13.3 Å². The number of imide groups is 1. The molecule has 9 rings (SSSR count). The summed E-state index contributed by atoms with van der Waals surface area (Å²) in [7, 11) is -5.92. The molecule has 0 radical (unpaired) electrons. The fourth-order valence-electron chi connectivity index (χ4n) is 12.6. The van der Waals surface area contributed by atoms with Crippen LogP contribution in [0.4, 0.5) is 17.6 Å². The van der Waals surface area contributed by atoms with Gasteiger partial charge in [-0.15, -0.1) is 11.3 Å². The summed E-state index contributed by atoms with van der Waals surface area (Å²) in [6, 6.07) is 2.78. The molecule has 27 heteroatoms. The lowest BCUT2D eigenvalue weighted by Gasteiger charge is -2.39. The maximum Gasteiger partial charge on any atom is 0.399 e. The number of hydrogen-bond acceptors (Lipinski definition) is 12. The van der Waals surface area contributed by atoms with E-state index in [2.05, 4.69) is 33.1 Å². The zero-order valence-corrected chi connectivity index (χ0v) is 47.7. The molecular weight excluding hydrogens is 1140 g/mol. The number of fused-ring (bicyclic) bond motifs is 3. The van der Waals surface area contributed by atoms with Crippen molar-refractivity contribution in [1.82, 2.24) is 40.9 Å². The number of alkyl halides is 4. The van der Waals surface area contributed by atoms with Crippen LogP contribution < -0.4 is 27.0 Å². The minimum atomic E-state index is -5.92. The number of carbonyl (C=O) groups is 9. The van der Waals surface area contributed by atoms with E-state index in [-0.39, 0.29) is 103 Å². The Kier molecular flexibility index (Phi) is 19.3. The first-order valence-corrected chi connectivity index (χ1v) is 30.9. The molecule has 1 unspecified atom stereocenters. The quantitative estimate of drug-likeness (QED) is 0.0407. The highest BCUT2D eigenvalue weighted by molar-refractivity contribution is 7.52. The van der Waals surface area contributed by atoms with Crippen molar-refractivity contribution >= 4 is 82.2 Å². The summed E-state index contributed by atoms with van der Waals surface area (Å²) >= 11 is 0.822. The highest BCUT2D eigenvalue weighted by Crippen LogP contribution is 2.59. The molecule has 1 aromatic heterocycles. The highest BCUT2D eigenvalue weighted by Gasteiger charge is 2.51. The van der Waals surface area contributed by atoms with E-state index in [0.717, 1.165) is 60.8 Å². The summed E-state index contributed by atoms with van der Waals surface area (Å²) in [5, 5.41) is 10.6. The largest absolute Gasteiger partial charge is 0.399 e. The number of nitrogens with two attached hydrogens (primary N) is 1. The third-order valence-corrected chi connectivity index (χ3v) is 19.2. The lowest BCUT2D eigenvalue weighted by atomic mass is 9.82. The van der Waals surface area contributed by atoms with Crippen LogP contribution >= 0.6 is 18.9 Å². The van der Waals surface area contributed by atoms with Crippen LogP contribution in [0.5, 0.6) is 0 Å². The fraction of sp³-hybridized carbons (Fsp3) is 0.561. The van der Waals surface area contributed by atoms with Crippen molar-refractivity contribution in [2.45, 2.75) is 158 Å². The number of primary amides is 1. The predicted molar refractivity (Wildman–Crippen MR) is 297 cm³/mol. The summed E-state index contributed by atoms with van der Waals surface area (Å²) < 4.78 is 68.8. The van der Waals surface area contributed by atoms with Gasteiger partial charge in [0.05, 0.1) is 11.4 Å². The second-order valence-electron chi connectivity index (χ2n) is 22.7. The average molecular weight is 1210 g/mol. The van der Waals surface area contributed by atoms with Crippen LogP contribution in [-0.4, -0.2) is 158 Å². The first-order chi connectivity index (χ1) is 40.0. The number of halogens is 4. The van der Waals surface area contributed by atoms with Crippen molar-refractivity contribution in [3.63, 3.8) is 0 Å². The summed E-state index contributed by atoms with van der Waals surface area (Å²) in [6.45, 7) is -0.0484. The molecule has 1 aliphatic carbocycles.